The maximum absolute atomic E-state index is 13.9. The summed E-state index contributed by atoms with van der Waals surface area (Å²) in [5, 5.41) is 12.2. The lowest BCUT2D eigenvalue weighted by Crippen LogP contribution is -2.16. The zero-order valence-electron chi connectivity index (χ0n) is 20.8. The van der Waals surface area contributed by atoms with Gasteiger partial charge in [0.25, 0.3) is 5.91 Å². The summed E-state index contributed by atoms with van der Waals surface area (Å²) in [6.45, 7) is 0. The number of nitrogens with one attached hydrogen (secondary N) is 4. The van der Waals surface area contributed by atoms with Crippen molar-refractivity contribution in [2.24, 2.45) is 0 Å². The van der Waals surface area contributed by atoms with E-state index in [0.717, 1.165) is 28.4 Å². The van der Waals surface area contributed by atoms with Gasteiger partial charge in [0.1, 0.15) is 0 Å². The predicted molar refractivity (Wildman–Crippen MR) is 150 cm³/mol. The molecule has 200 valence electrons. The van der Waals surface area contributed by atoms with Crippen molar-refractivity contribution in [3.8, 4) is 0 Å². The SMILES string of the molecule is O=C(Nc1ccc(Nc2ccc(Nc3ccc(Nc4ccccc4)cc3)cc2)cc1)c1cc(F)c(F)c(F)c1F. The molecule has 0 aliphatic rings. The van der Waals surface area contributed by atoms with Gasteiger partial charge < -0.3 is 21.3 Å². The number of amides is 1. The average molecular weight is 543 g/mol. The molecule has 0 radical (unpaired) electrons. The quantitative estimate of drug-likeness (QED) is 0.0900. The summed E-state index contributed by atoms with van der Waals surface area (Å²) < 4.78 is 53.9. The van der Waals surface area contributed by atoms with Gasteiger partial charge in [-0.2, -0.15) is 0 Å². The van der Waals surface area contributed by atoms with Gasteiger partial charge in [-0.15, -0.1) is 0 Å². The first-order chi connectivity index (χ1) is 19.4. The van der Waals surface area contributed by atoms with Crippen molar-refractivity contribution in [3.63, 3.8) is 0 Å². The second-order valence-corrected chi connectivity index (χ2v) is 8.78. The molecule has 9 heteroatoms. The largest absolute Gasteiger partial charge is 0.356 e. The molecule has 5 rings (SSSR count). The third-order valence-corrected chi connectivity index (χ3v) is 5.90. The third kappa shape index (κ3) is 6.21. The zero-order valence-corrected chi connectivity index (χ0v) is 20.8. The van der Waals surface area contributed by atoms with Crippen LogP contribution in [0.2, 0.25) is 0 Å². The van der Waals surface area contributed by atoms with Crippen LogP contribution in [-0.4, -0.2) is 5.91 Å². The van der Waals surface area contributed by atoms with E-state index in [4.69, 9.17) is 0 Å². The summed E-state index contributed by atoms with van der Waals surface area (Å²) in [6.07, 6.45) is 0. The number of para-hydroxylation sites is 1. The highest BCUT2D eigenvalue weighted by molar-refractivity contribution is 6.04. The van der Waals surface area contributed by atoms with Gasteiger partial charge in [0.2, 0.25) is 0 Å². The molecule has 0 atom stereocenters. The standard InChI is InChI=1S/C31H22F4N4O/c32-27-18-26(28(33)30(35)29(27)34)31(40)39-25-16-14-24(15-17-25)38-23-12-10-22(11-13-23)37-21-8-6-20(7-9-21)36-19-4-2-1-3-5-19/h1-18,36-38H,(H,39,40). The van der Waals surface area contributed by atoms with E-state index in [0.29, 0.717) is 11.8 Å². The molecule has 0 saturated heterocycles. The topological polar surface area (TPSA) is 65.2 Å². The molecule has 0 bridgehead atoms. The second kappa shape index (κ2) is 11.6. The Kier molecular flexibility index (Phi) is 7.63. The molecule has 0 fully saturated rings. The molecule has 0 aliphatic heterocycles. The number of hydrogen-bond donors (Lipinski definition) is 4. The monoisotopic (exact) mass is 542 g/mol. The van der Waals surface area contributed by atoms with Gasteiger partial charge in [-0.1, -0.05) is 18.2 Å². The Morgan fingerprint density at radius 2 is 0.825 bits per heavy atom. The Balaban J connectivity index is 1.16. The maximum atomic E-state index is 13.9. The van der Waals surface area contributed by atoms with Gasteiger partial charge in [-0.3, -0.25) is 4.79 Å². The Morgan fingerprint density at radius 1 is 0.450 bits per heavy atom. The number of hydrogen-bond acceptors (Lipinski definition) is 4. The van der Waals surface area contributed by atoms with E-state index in [-0.39, 0.29) is 5.69 Å². The molecule has 5 aromatic rings. The molecular weight excluding hydrogens is 520 g/mol. The fourth-order valence-corrected chi connectivity index (χ4v) is 3.87. The van der Waals surface area contributed by atoms with Crippen LogP contribution in [0.25, 0.3) is 0 Å². The van der Waals surface area contributed by atoms with E-state index >= 15 is 0 Å². The van der Waals surface area contributed by atoms with Crippen LogP contribution in [0, 0.1) is 23.3 Å². The van der Waals surface area contributed by atoms with Crippen molar-refractivity contribution in [1.82, 2.24) is 0 Å². The van der Waals surface area contributed by atoms with Gasteiger partial charge in [0, 0.05) is 39.8 Å². The van der Waals surface area contributed by atoms with Crippen molar-refractivity contribution < 1.29 is 22.4 Å². The van der Waals surface area contributed by atoms with E-state index in [1.54, 1.807) is 12.1 Å². The fourth-order valence-electron chi connectivity index (χ4n) is 3.87. The summed E-state index contributed by atoms with van der Waals surface area (Å²) in [7, 11) is 0. The molecule has 0 unspecified atom stereocenters. The smallest absolute Gasteiger partial charge is 0.258 e. The molecule has 0 saturated carbocycles. The lowest BCUT2D eigenvalue weighted by molar-refractivity contribution is 0.102. The molecule has 4 N–H and O–H groups in total. The minimum atomic E-state index is -2.04. The summed E-state index contributed by atoms with van der Waals surface area (Å²) in [4.78, 5) is 12.2. The second-order valence-electron chi connectivity index (χ2n) is 8.78. The number of benzene rings is 5. The van der Waals surface area contributed by atoms with Gasteiger partial charge in [-0.25, -0.2) is 17.6 Å². The van der Waals surface area contributed by atoms with Crippen LogP contribution in [0.4, 0.5) is 57.4 Å². The van der Waals surface area contributed by atoms with Crippen molar-refractivity contribution in [3.05, 3.63) is 138 Å². The molecule has 0 spiro atoms. The number of halogens is 4. The number of carbonyl (C=O) groups is 1. The van der Waals surface area contributed by atoms with E-state index < -0.39 is 34.7 Å². The minimum absolute atomic E-state index is 0.254. The number of anilines is 7. The molecule has 5 nitrogen and oxygen atoms in total. The predicted octanol–water partition coefficient (Wildman–Crippen LogP) is 8.73. The van der Waals surface area contributed by atoms with Crippen LogP contribution in [0.1, 0.15) is 10.4 Å². The van der Waals surface area contributed by atoms with Crippen LogP contribution >= 0.6 is 0 Å². The fraction of sp³-hybridized carbons (Fsp3) is 0. The van der Waals surface area contributed by atoms with Gasteiger partial charge >= 0.3 is 0 Å². The molecule has 0 aromatic heterocycles. The summed E-state index contributed by atoms with van der Waals surface area (Å²) in [6, 6.07) is 32.2. The van der Waals surface area contributed by atoms with E-state index in [1.807, 2.05) is 78.9 Å². The molecular formula is C31H22F4N4O. The Bertz CT molecular complexity index is 1630. The van der Waals surface area contributed by atoms with Crippen LogP contribution in [0.15, 0.2) is 109 Å². The zero-order chi connectivity index (χ0) is 28.1. The van der Waals surface area contributed by atoms with E-state index in [9.17, 15) is 22.4 Å². The van der Waals surface area contributed by atoms with Gasteiger partial charge in [-0.05, 0) is 91.0 Å². The molecule has 0 aliphatic carbocycles. The first-order valence-electron chi connectivity index (χ1n) is 12.2. The summed E-state index contributed by atoms with van der Waals surface area (Å²) >= 11 is 0. The van der Waals surface area contributed by atoms with Gasteiger partial charge in [0.15, 0.2) is 23.3 Å². The Morgan fingerprint density at radius 3 is 1.25 bits per heavy atom. The first-order valence-corrected chi connectivity index (χ1v) is 12.2. The molecule has 40 heavy (non-hydrogen) atoms. The normalized spacial score (nSPS) is 10.6. The van der Waals surface area contributed by atoms with Crippen LogP contribution in [0.5, 0.6) is 0 Å². The van der Waals surface area contributed by atoms with Gasteiger partial charge in [0.05, 0.1) is 5.56 Å². The third-order valence-electron chi connectivity index (χ3n) is 5.90. The van der Waals surface area contributed by atoms with Crippen molar-refractivity contribution in [1.29, 1.82) is 0 Å². The van der Waals surface area contributed by atoms with E-state index in [1.165, 1.54) is 12.1 Å². The average Bonchev–Trinajstić information content (AvgIpc) is 2.97. The van der Waals surface area contributed by atoms with Crippen molar-refractivity contribution in [2.75, 3.05) is 21.3 Å². The highest BCUT2D eigenvalue weighted by Gasteiger charge is 2.23. The Hall–Kier alpha value is -5.31. The molecule has 5 aromatic carbocycles. The van der Waals surface area contributed by atoms with Crippen LogP contribution < -0.4 is 21.3 Å². The first kappa shape index (κ1) is 26.3. The Labute approximate surface area is 227 Å². The minimum Gasteiger partial charge on any atom is -0.356 e. The van der Waals surface area contributed by atoms with Crippen molar-refractivity contribution in [2.45, 2.75) is 0 Å². The number of rotatable bonds is 8. The van der Waals surface area contributed by atoms with Crippen LogP contribution in [0.3, 0.4) is 0 Å². The van der Waals surface area contributed by atoms with Crippen LogP contribution in [-0.2, 0) is 0 Å². The summed E-state index contributed by atoms with van der Waals surface area (Å²) in [5.74, 6) is -8.54. The molecule has 0 heterocycles. The maximum Gasteiger partial charge on any atom is 0.258 e. The lowest BCUT2D eigenvalue weighted by atomic mass is 10.1. The van der Waals surface area contributed by atoms with Crippen molar-refractivity contribution >= 4 is 45.7 Å². The number of carbonyl (C=O) groups excluding carboxylic acids is 1. The molecule has 1 amide bonds. The highest BCUT2D eigenvalue weighted by atomic mass is 19.2. The highest BCUT2D eigenvalue weighted by Crippen LogP contribution is 2.25. The van der Waals surface area contributed by atoms with E-state index in [2.05, 4.69) is 21.3 Å². The lowest BCUT2D eigenvalue weighted by Gasteiger charge is -2.12. The summed E-state index contributed by atoms with van der Waals surface area (Å²) in [5.41, 5.74) is 4.65.